The molecule has 54 valence electrons. The zero-order chi connectivity index (χ0) is 6.55. The maximum absolute atomic E-state index is 5.52. The fraction of sp³-hybridized carbons (Fsp3) is 0.750. The molecule has 3 unspecified atom stereocenters. The molecule has 0 radical (unpaired) electrons. The second-order valence-corrected chi connectivity index (χ2v) is 3.34. The van der Waals surface area contributed by atoms with Gasteiger partial charge in [0.05, 0.1) is 0 Å². The molecular weight excluding hydrogens is 126 g/mol. The van der Waals surface area contributed by atoms with Gasteiger partial charge in [-0.25, -0.2) is 0 Å². The summed E-state index contributed by atoms with van der Waals surface area (Å²) in [6, 6.07) is 0. The van der Waals surface area contributed by atoms with Gasteiger partial charge in [0.25, 0.3) is 0 Å². The normalized spacial score (nSPS) is 49.6. The lowest BCUT2D eigenvalue weighted by Gasteiger charge is -2.26. The summed E-state index contributed by atoms with van der Waals surface area (Å²) in [4.78, 5) is 0. The molecule has 0 aromatic carbocycles. The van der Waals surface area contributed by atoms with E-state index in [0.29, 0.717) is 12.5 Å². The van der Waals surface area contributed by atoms with E-state index in [-0.39, 0.29) is 0 Å². The summed E-state index contributed by atoms with van der Waals surface area (Å²) >= 11 is 0. The Kier molecular flexibility index (Phi) is 0.868. The van der Waals surface area contributed by atoms with Gasteiger partial charge in [0.1, 0.15) is 12.5 Å². The molecule has 3 saturated heterocycles. The van der Waals surface area contributed by atoms with Crippen LogP contribution < -0.4 is 5.32 Å². The first-order valence-corrected chi connectivity index (χ1v) is 4.06. The Morgan fingerprint density at radius 2 is 2.50 bits per heavy atom. The molecule has 2 bridgehead atoms. The van der Waals surface area contributed by atoms with Gasteiger partial charge in [0.15, 0.2) is 0 Å². The lowest BCUT2D eigenvalue weighted by Crippen LogP contribution is -2.48. The Balaban J connectivity index is 2.00. The van der Waals surface area contributed by atoms with Crippen LogP contribution >= 0.6 is 0 Å². The van der Waals surface area contributed by atoms with Gasteiger partial charge < -0.3 is 4.74 Å². The number of hydrogen-bond acceptors (Lipinski definition) is 2. The molecule has 0 amide bonds. The quantitative estimate of drug-likeness (QED) is 0.503. The van der Waals surface area contributed by atoms with E-state index >= 15 is 0 Å². The summed E-state index contributed by atoms with van der Waals surface area (Å²) < 4.78 is 5.52. The van der Waals surface area contributed by atoms with Crippen molar-refractivity contribution in [2.24, 2.45) is 5.92 Å². The molecule has 4 aliphatic rings. The third-order valence-electron chi connectivity index (χ3n) is 2.79. The third kappa shape index (κ3) is 0.478. The summed E-state index contributed by atoms with van der Waals surface area (Å²) in [6.07, 6.45) is 7.01. The molecule has 0 aromatic heterocycles. The number of rotatable bonds is 0. The molecule has 1 N–H and O–H groups in total. The predicted octanol–water partition coefficient (Wildman–Crippen LogP) is 0.998. The Hall–Kier alpha value is -0.340. The smallest absolute Gasteiger partial charge is 0.134 e. The fourth-order valence-electron chi connectivity index (χ4n) is 2.24. The van der Waals surface area contributed by atoms with Crippen LogP contribution in [0, 0.1) is 5.92 Å². The second kappa shape index (κ2) is 1.63. The minimum Gasteiger partial charge on any atom is -0.341 e. The largest absolute Gasteiger partial charge is 0.341 e. The molecule has 3 atom stereocenters. The highest BCUT2D eigenvalue weighted by Gasteiger charge is 2.49. The van der Waals surface area contributed by atoms with E-state index in [2.05, 4.69) is 11.4 Å². The minimum atomic E-state index is 0.315. The summed E-state index contributed by atoms with van der Waals surface area (Å²) in [5, 5.41) is 3.37. The molecule has 3 aliphatic heterocycles. The van der Waals surface area contributed by atoms with Crippen molar-refractivity contribution < 1.29 is 4.74 Å². The van der Waals surface area contributed by atoms with Crippen LogP contribution in [0.5, 0.6) is 0 Å². The van der Waals surface area contributed by atoms with Crippen molar-refractivity contribution >= 4 is 0 Å². The average molecular weight is 137 g/mol. The van der Waals surface area contributed by atoms with Crippen molar-refractivity contribution in [1.29, 1.82) is 0 Å². The van der Waals surface area contributed by atoms with Crippen molar-refractivity contribution in [3.63, 3.8) is 0 Å². The Bertz CT molecular complexity index is 193. The average Bonchev–Trinajstić information content (AvgIpc) is 2.36. The molecule has 2 nitrogen and oxygen atoms in total. The van der Waals surface area contributed by atoms with Crippen LogP contribution in [0.15, 0.2) is 11.6 Å². The van der Waals surface area contributed by atoms with Crippen LogP contribution in [0.2, 0.25) is 0 Å². The third-order valence-corrected chi connectivity index (χ3v) is 2.79. The topological polar surface area (TPSA) is 21.3 Å². The van der Waals surface area contributed by atoms with E-state index in [1.165, 1.54) is 24.8 Å². The number of allylic oxidation sites excluding steroid dienone is 1. The number of hydrogen-bond donors (Lipinski definition) is 1. The second-order valence-electron chi connectivity index (χ2n) is 3.34. The molecule has 3 heterocycles. The molecule has 10 heavy (non-hydrogen) atoms. The maximum atomic E-state index is 5.52. The Morgan fingerprint density at radius 3 is 3.30 bits per heavy atom. The number of nitrogens with one attached hydrogen (secondary N) is 1. The van der Waals surface area contributed by atoms with E-state index in [1.54, 1.807) is 0 Å². The molecule has 2 heteroatoms. The highest BCUT2D eigenvalue weighted by Crippen LogP contribution is 2.43. The van der Waals surface area contributed by atoms with Crippen molar-refractivity contribution in [1.82, 2.24) is 5.32 Å². The van der Waals surface area contributed by atoms with Gasteiger partial charge >= 0.3 is 0 Å². The van der Waals surface area contributed by atoms with Gasteiger partial charge in [-0.05, 0) is 24.8 Å². The van der Waals surface area contributed by atoms with E-state index in [0.717, 1.165) is 5.92 Å². The van der Waals surface area contributed by atoms with Crippen LogP contribution in [0.25, 0.3) is 0 Å². The van der Waals surface area contributed by atoms with Crippen molar-refractivity contribution in [3.8, 4) is 0 Å². The molecule has 0 aromatic rings. The highest BCUT2D eigenvalue weighted by molar-refractivity contribution is 5.25. The first kappa shape index (κ1) is 5.33. The van der Waals surface area contributed by atoms with E-state index < -0.39 is 0 Å². The van der Waals surface area contributed by atoms with Crippen LogP contribution in [-0.4, -0.2) is 12.5 Å². The standard InChI is InChI=1S/C8H11NO/c1-2-4-6-5(3-1)7-9-8(6)10-7/h3,6-9H,1-2,4H2. The van der Waals surface area contributed by atoms with Crippen LogP contribution in [0.1, 0.15) is 19.3 Å². The summed E-state index contributed by atoms with van der Waals surface area (Å²) in [6.45, 7) is 0. The van der Waals surface area contributed by atoms with Gasteiger partial charge in [0, 0.05) is 5.92 Å². The Morgan fingerprint density at radius 1 is 1.60 bits per heavy atom. The van der Waals surface area contributed by atoms with Gasteiger partial charge in [-0.2, -0.15) is 0 Å². The van der Waals surface area contributed by atoms with Crippen LogP contribution in [0.3, 0.4) is 0 Å². The van der Waals surface area contributed by atoms with Crippen molar-refractivity contribution in [2.45, 2.75) is 31.7 Å². The Labute approximate surface area is 60.3 Å². The monoisotopic (exact) mass is 137 g/mol. The molecule has 0 spiro atoms. The lowest BCUT2D eigenvalue weighted by molar-refractivity contribution is -0.108. The SMILES string of the molecule is C1=C2C3NC(O3)C2CCC1. The van der Waals surface area contributed by atoms with Gasteiger partial charge in [-0.1, -0.05) is 6.08 Å². The van der Waals surface area contributed by atoms with E-state index in [9.17, 15) is 0 Å². The van der Waals surface area contributed by atoms with E-state index in [1.807, 2.05) is 0 Å². The van der Waals surface area contributed by atoms with Gasteiger partial charge in [0.2, 0.25) is 0 Å². The lowest BCUT2D eigenvalue weighted by atomic mass is 9.90. The molecule has 1 aliphatic carbocycles. The number of ether oxygens (including phenoxy) is 1. The molecular formula is C8H11NO. The zero-order valence-corrected chi connectivity index (χ0v) is 5.84. The summed E-state index contributed by atoms with van der Waals surface area (Å²) in [7, 11) is 0. The van der Waals surface area contributed by atoms with Crippen LogP contribution in [-0.2, 0) is 4.74 Å². The van der Waals surface area contributed by atoms with Gasteiger partial charge in [-0.3, -0.25) is 5.32 Å². The van der Waals surface area contributed by atoms with Crippen molar-refractivity contribution in [2.75, 3.05) is 0 Å². The summed E-state index contributed by atoms with van der Waals surface area (Å²) in [5.41, 5.74) is 1.54. The molecule has 0 saturated carbocycles. The maximum Gasteiger partial charge on any atom is 0.134 e. The molecule has 4 rings (SSSR count). The summed E-state index contributed by atoms with van der Waals surface area (Å²) in [5.74, 6) is 0.735. The van der Waals surface area contributed by atoms with Gasteiger partial charge in [-0.15, -0.1) is 0 Å². The van der Waals surface area contributed by atoms with Crippen molar-refractivity contribution in [3.05, 3.63) is 11.6 Å². The van der Waals surface area contributed by atoms with E-state index in [4.69, 9.17) is 4.74 Å². The first-order valence-electron chi connectivity index (χ1n) is 4.06. The zero-order valence-electron chi connectivity index (χ0n) is 5.84. The highest BCUT2D eigenvalue weighted by atomic mass is 16.6. The minimum absolute atomic E-state index is 0.315. The van der Waals surface area contributed by atoms with Crippen LogP contribution in [0.4, 0.5) is 0 Å². The molecule has 3 fully saturated rings. The predicted molar refractivity (Wildman–Crippen MR) is 37.2 cm³/mol. The fourth-order valence-corrected chi connectivity index (χ4v) is 2.24. The first-order chi connectivity index (χ1) is 4.95.